The lowest BCUT2D eigenvalue weighted by Gasteiger charge is -2.40. The van der Waals surface area contributed by atoms with E-state index in [0.717, 1.165) is 64.1 Å². The van der Waals surface area contributed by atoms with Crippen LogP contribution in [-0.2, 0) is 11.2 Å². The molecule has 0 aromatic carbocycles. The van der Waals surface area contributed by atoms with E-state index < -0.39 is 5.60 Å². The highest BCUT2D eigenvalue weighted by Gasteiger charge is 2.33. The summed E-state index contributed by atoms with van der Waals surface area (Å²) in [7, 11) is 0. The Morgan fingerprint density at radius 3 is 2.46 bits per heavy atom. The van der Waals surface area contributed by atoms with Crippen LogP contribution in [0.1, 0.15) is 65.7 Å². The first-order chi connectivity index (χ1) is 13.4. The van der Waals surface area contributed by atoms with Crippen LogP contribution in [0, 0.1) is 6.92 Å². The van der Waals surface area contributed by atoms with Gasteiger partial charge in [-0.05, 0) is 45.3 Å². The second kappa shape index (κ2) is 10.2. The number of nitrogens with zero attached hydrogens (tertiary/aromatic N) is 2. The van der Waals surface area contributed by atoms with Gasteiger partial charge in [0.05, 0.1) is 23.5 Å². The fourth-order valence-corrected chi connectivity index (χ4v) is 3.95. The molecule has 2 N–H and O–H groups in total. The average molecular weight is 394 g/mol. The number of H-pyrrole nitrogens is 1. The molecule has 0 amide bonds. The van der Waals surface area contributed by atoms with Crippen molar-refractivity contribution in [1.82, 2.24) is 14.8 Å². The Kier molecular flexibility index (Phi) is 8.22. The van der Waals surface area contributed by atoms with Crippen LogP contribution >= 0.6 is 0 Å². The molecule has 0 spiro atoms. The van der Waals surface area contributed by atoms with Gasteiger partial charge in [0, 0.05) is 38.3 Å². The van der Waals surface area contributed by atoms with Gasteiger partial charge in [0.2, 0.25) is 0 Å². The van der Waals surface area contributed by atoms with E-state index in [2.05, 4.69) is 28.6 Å². The van der Waals surface area contributed by atoms with Crippen LogP contribution in [0.4, 0.5) is 0 Å². The molecule has 0 unspecified atom stereocenters. The maximum atomic E-state index is 12.3. The van der Waals surface area contributed by atoms with Crippen molar-refractivity contribution in [3.63, 3.8) is 0 Å². The number of rotatable bonds is 10. The SMILES string of the molecule is CCOC(=O)c1c(CCN2CCC(O)(CN(CC)CC)CC2)[nH]c(C=O)c1C. The number of ether oxygens (including phenoxy) is 1. The molecular formula is C21H35N3O4. The van der Waals surface area contributed by atoms with E-state index in [1.54, 1.807) is 13.8 Å². The first kappa shape index (κ1) is 22.6. The first-order valence-electron chi connectivity index (χ1n) is 10.4. The van der Waals surface area contributed by atoms with Gasteiger partial charge in [-0.2, -0.15) is 0 Å². The molecule has 1 aliphatic heterocycles. The number of carbonyl (C=O) groups excluding carboxylic acids is 2. The van der Waals surface area contributed by atoms with Gasteiger partial charge in [0.15, 0.2) is 6.29 Å². The van der Waals surface area contributed by atoms with Gasteiger partial charge in [0.1, 0.15) is 0 Å². The quantitative estimate of drug-likeness (QED) is 0.467. The van der Waals surface area contributed by atoms with Crippen molar-refractivity contribution >= 4 is 12.3 Å². The molecule has 2 heterocycles. The van der Waals surface area contributed by atoms with Crippen LogP contribution in [0.2, 0.25) is 0 Å². The third-order valence-electron chi connectivity index (χ3n) is 5.84. The van der Waals surface area contributed by atoms with Gasteiger partial charge >= 0.3 is 5.97 Å². The zero-order valence-electron chi connectivity index (χ0n) is 17.7. The minimum atomic E-state index is -0.619. The number of nitrogens with one attached hydrogen (secondary N) is 1. The second-order valence-electron chi connectivity index (χ2n) is 7.63. The van der Waals surface area contributed by atoms with E-state index in [9.17, 15) is 14.7 Å². The topological polar surface area (TPSA) is 85.9 Å². The fraction of sp³-hybridized carbons (Fsp3) is 0.714. The number of aliphatic hydroxyl groups is 1. The van der Waals surface area contributed by atoms with Crippen molar-refractivity contribution in [3.8, 4) is 0 Å². The molecule has 0 radical (unpaired) electrons. The number of likely N-dealkylation sites (N-methyl/N-ethyl adjacent to an activating group) is 1. The fourth-order valence-electron chi connectivity index (χ4n) is 3.95. The summed E-state index contributed by atoms with van der Waals surface area (Å²) >= 11 is 0. The second-order valence-corrected chi connectivity index (χ2v) is 7.63. The zero-order chi connectivity index (χ0) is 20.7. The molecule has 28 heavy (non-hydrogen) atoms. The van der Waals surface area contributed by atoms with E-state index in [1.165, 1.54) is 0 Å². The molecule has 0 bridgehead atoms. The number of likely N-dealkylation sites (tertiary alicyclic amines) is 1. The van der Waals surface area contributed by atoms with E-state index in [-0.39, 0.29) is 5.97 Å². The molecular weight excluding hydrogens is 358 g/mol. The summed E-state index contributed by atoms with van der Waals surface area (Å²) in [6.07, 6.45) is 2.88. The summed E-state index contributed by atoms with van der Waals surface area (Å²) in [4.78, 5) is 31.2. The van der Waals surface area contributed by atoms with Gasteiger partial charge in [0.25, 0.3) is 0 Å². The number of aromatic nitrogens is 1. The van der Waals surface area contributed by atoms with Crippen molar-refractivity contribution in [3.05, 3.63) is 22.5 Å². The Morgan fingerprint density at radius 2 is 1.93 bits per heavy atom. The van der Waals surface area contributed by atoms with E-state index in [4.69, 9.17) is 4.74 Å². The average Bonchev–Trinajstić information content (AvgIpc) is 3.01. The van der Waals surface area contributed by atoms with Crippen molar-refractivity contribution in [2.45, 2.75) is 52.6 Å². The number of esters is 1. The van der Waals surface area contributed by atoms with E-state index in [1.807, 2.05) is 0 Å². The largest absolute Gasteiger partial charge is 0.462 e. The molecule has 0 atom stereocenters. The lowest BCUT2D eigenvalue weighted by atomic mass is 9.90. The highest BCUT2D eigenvalue weighted by atomic mass is 16.5. The molecule has 0 saturated carbocycles. The Hall–Kier alpha value is -1.70. The van der Waals surface area contributed by atoms with Gasteiger partial charge in [-0.15, -0.1) is 0 Å². The van der Waals surface area contributed by atoms with Crippen LogP contribution in [0.3, 0.4) is 0 Å². The predicted molar refractivity (Wildman–Crippen MR) is 109 cm³/mol. The maximum Gasteiger partial charge on any atom is 0.340 e. The molecule has 1 aromatic heterocycles. The third-order valence-corrected chi connectivity index (χ3v) is 5.84. The van der Waals surface area contributed by atoms with E-state index in [0.29, 0.717) is 29.8 Å². The third kappa shape index (κ3) is 5.43. The highest BCUT2D eigenvalue weighted by Crippen LogP contribution is 2.24. The molecule has 7 nitrogen and oxygen atoms in total. The molecule has 158 valence electrons. The first-order valence-corrected chi connectivity index (χ1v) is 10.4. The van der Waals surface area contributed by atoms with Gasteiger partial charge in [-0.1, -0.05) is 13.8 Å². The van der Waals surface area contributed by atoms with Gasteiger partial charge in [-0.3, -0.25) is 4.79 Å². The maximum absolute atomic E-state index is 12.3. The van der Waals surface area contributed by atoms with Crippen LogP contribution in [-0.4, -0.2) is 83.6 Å². The minimum absolute atomic E-state index is 0.302. The number of hydrogen-bond acceptors (Lipinski definition) is 6. The molecule has 1 fully saturated rings. The van der Waals surface area contributed by atoms with Crippen molar-refractivity contribution < 1.29 is 19.4 Å². The summed E-state index contributed by atoms with van der Waals surface area (Å²) in [5.41, 5.74) is 1.70. The number of aldehydes is 1. The van der Waals surface area contributed by atoms with Crippen molar-refractivity contribution in [2.75, 3.05) is 45.9 Å². The lowest BCUT2D eigenvalue weighted by molar-refractivity contribution is -0.0435. The van der Waals surface area contributed by atoms with Crippen LogP contribution in [0.5, 0.6) is 0 Å². The Balaban J connectivity index is 1.97. The van der Waals surface area contributed by atoms with Crippen LogP contribution in [0.25, 0.3) is 0 Å². The number of carbonyl (C=O) groups is 2. The number of aromatic amines is 1. The summed E-state index contributed by atoms with van der Waals surface area (Å²) in [5.74, 6) is -0.383. The lowest BCUT2D eigenvalue weighted by Crippen LogP contribution is -2.51. The molecule has 0 aliphatic carbocycles. The van der Waals surface area contributed by atoms with Gasteiger partial charge in [-0.25, -0.2) is 4.79 Å². The molecule has 7 heteroatoms. The summed E-state index contributed by atoms with van der Waals surface area (Å²) in [5, 5.41) is 10.9. The van der Waals surface area contributed by atoms with Gasteiger partial charge < -0.3 is 24.6 Å². The Labute approximate surface area is 168 Å². The van der Waals surface area contributed by atoms with Crippen LogP contribution < -0.4 is 0 Å². The minimum Gasteiger partial charge on any atom is -0.462 e. The summed E-state index contributed by atoms with van der Waals surface area (Å²) < 4.78 is 5.16. The summed E-state index contributed by atoms with van der Waals surface area (Å²) in [6, 6.07) is 0. The molecule has 1 aromatic rings. The van der Waals surface area contributed by atoms with E-state index >= 15 is 0 Å². The Morgan fingerprint density at radius 1 is 1.29 bits per heavy atom. The monoisotopic (exact) mass is 393 g/mol. The molecule has 1 aliphatic rings. The molecule has 2 rings (SSSR count). The molecule has 1 saturated heterocycles. The highest BCUT2D eigenvalue weighted by molar-refractivity contribution is 5.95. The number of hydrogen-bond donors (Lipinski definition) is 2. The summed E-state index contributed by atoms with van der Waals surface area (Å²) in [6.45, 7) is 13.1. The smallest absolute Gasteiger partial charge is 0.340 e. The predicted octanol–water partition coefficient (Wildman–Crippen LogP) is 2.02. The van der Waals surface area contributed by atoms with Crippen molar-refractivity contribution in [1.29, 1.82) is 0 Å². The number of piperidine rings is 1. The zero-order valence-corrected chi connectivity index (χ0v) is 17.7. The van der Waals surface area contributed by atoms with Crippen molar-refractivity contribution in [2.24, 2.45) is 0 Å². The normalized spacial score (nSPS) is 17.1. The Bertz CT molecular complexity index is 659. The standard InChI is InChI=1S/C21H35N3O4/c1-5-23(6-2)15-21(27)9-12-24(13-10-21)11-8-17-19(20(26)28-7-3)16(4)18(14-25)22-17/h14,22,27H,5-13,15H2,1-4H3. The van der Waals surface area contributed by atoms with Crippen LogP contribution in [0.15, 0.2) is 0 Å².